The summed E-state index contributed by atoms with van der Waals surface area (Å²) in [4.78, 5) is 8.38. The van der Waals surface area contributed by atoms with Gasteiger partial charge in [0.2, 0.25) is 0 Å². The molecule has 6 heteroatoms. The van der Waals surface area contributed by atoms with E-state index in [0.29, 0.717) is 10.8 Å². The Morgan fingerprint density at radius 3 is 2.89 bits per heavy atom. The third-order valence-corrected chi connectivity index (χ3v) is 3.09. The number of fused-ring (bicyclic) bond motifs is 1. The second-order valence-electron chi connectivity index (χ2n) is 4.36. The van der Waals surface area contributed by atoms with E-state index < -0.39 is 0 Å². The number of nitrogens with zero attached hydrogens (tertiary/aromatic N) is 4. The van der Waals surface area contributed by atoms with Gasteiger partial charge in [-0.2, -0.15) is 14.6 Å². The first kappa shape index (κ1) is 11.9. The van der Waals surface area contributed by atoms with E-state index in [2.05, 4.69) is 20.4 Å². The first-order valence-electron chi connectivity index (χ1n) is 5.84. The summed E-state index contributed by atoms with van der Waals surface area (Å²) in [6.07, 6.45) is 1.48. The van der Waals surface area contributed by atoms with Crippen molar-refractivity contribution in [1.82, 2.24) is 19.6 Å². The lowest BCUT2D eigenvalue weighted by Crippen LogP contribution is -2.03. The maximum absolute atomic E-state index is 6.19. The fraction of sp³-hybridized carbons (Fsp3) is 0.154. The summed E-state index contributed by atoms with van der Waals surface area (Å²) in [5.41, 5.74) is 2.84. The van der Waals surface area contributed by atoms with E-state index in [1.807, 2.05) is 38.1 Å². The molecule has 0 bridgehead atoms. The lowest BCUT2D eigenvalue weighted by atomic mass is 10.2. The minimum Gasteiger partial charge on any atom is -0.339 e. The zero-order valence-electron chi connectivity index (χ0n) is 10.6. The number of aromatic nitrogens is 4. The van der Waals surface area contributed by atoms with Crippen molar-refractivity contribution in [2.24, 2.45) is 0 Å². The zero-order valence-corrected chi connectivity index (χ0v) is 11.3. The molecule has 1 N–H and O–H groups in total. The van der Waals surface area contributed by atoms with Gasteiger partial charge in [0.05, 0.1) is 10.7 Å². The standard InChI is InChI=1S/C13H12ClN5/c1-8-3-4-10(14)11(5-8)18-12-6-9(2)17-13-15-7-16-19(12)13/h3-7,18H,1-2H3. The Balaban J connectivity index is 2.10. The van der Waals surface area contributed by atoms with E-state index in [1.54, 1.807) is 4.52 Å². The number of anilines is 2. The van der Waals surface area contributed by atoms with Gasteiger partial charge >= 0.3 is 0 Å². The fourth-order valence-corrected chi connectivity index (χ4v) is 2.06. The molecule has 0 radical (unpaired) electrons. The lowest BCUT2D eigenvalue weighted by Gasteiger charge is -2.10. The van der Waals surface area contributed by atoms with E-state index in [4.69, 9.17) is 11.6 Å². The highest BCUT2D eigenvalue weighted by Gasteiger charge is 2.07. The van der Waals surface area contributed by atoms with Crippen LogP contribution in [0.4, 0.5) is 11.5 Å². The Morgan fingerprint density at radius 2 is 2.05 bits per heavy atom. The predicted molar refractivity (Wildman–Crippen MR) is 75.0 cm³/mol. The number of benzene rings is 1. The van der Waals surface area contributed by atoms with E-state index >= 15 is 0 Å². The molecule has 3 aromatic rings. The SMILES string of the molecule is Cc1ccc(Cl)c(Nc2cc(C)nc3ncnn23)c1. The molecular weight excluding hydrogens is 262 g/mol. The molecule has 96 valence electrons. The Morgan fingerprint density at radius 1 is 1.21 bits per heavy atom. The number of hydrogen-bond donors (Lipinski definition) is 1. The topological polar surface area (TPSA) is 55.1 Å². The van der Waals surface area contributed by atoms with Crippen LogP contribution in [-0.2, 0) is 0 Å². The van der Waals surface area contributed by atoms with Crippen LogP contribution in [0.5, 0.6) is 0 Å². The summed E-state index contributed by atoms with van der Waals surface area (Å²) in [6, 6.07) is 7.73. The summed E-state index contributed by atoms with van der Waals surface area (Å²) in [6.45, 7) is 3.93. The van der Waals surface area contributed by atoms with Gasteiger partial charge in [-0.3, -0.25) is 0 Å². The third kappa shape index (κ3) is 2.24. The van der Waals surface area contributed by atoms with Crippen molar-refractivity contribution >= 4 is 28.9 Å². The molecule has 0 unspecified atom stereocenters. The highest BCUT2D eigenvalue weighted by molar-refractivity contribution is 6.33. The predicted octanol–water partition coefficient (Wildman–Crippen LogP) is 3.14. The van der Waals surface area contributed by atoms with Crippen LogP contribution in [0.1, 0.15) is 11.3 Å². The maximum Gasteiger partial charge on any atom is 0.254 e. The molecule has 0 aliphatic heterocycles. The lowest BCUT2D eigenvalue weighted by molar-refractivity contribution is 0.937. The monoisotopic (exact) mass is 273 g/mol. The molecule has 0 saturated heterocycles. The van der Waals surface area contributed by atoms with Gasteiger partial charge in [0.1, 0.15) is 12.1 Å². The van der Waals surface area contributed by atoms with Gasteiger partial charge in [0.25, 0.3) is 5.78 Å². The van der Waals surface area contributed by atoms with Crippen LogP contribution in [0.25, 0.3) is 5.78 Å². The first-order valence-corrected chi connectivity index (χ1v) is 6.22. The van der Waals surface area contributed by atoms with Crippen molar-refractivity contribution in [2.75, 3.05) is 5.32 Å². The van der Waals surface area contributed by atoms with Gasteiger partial charge in [-0.25, -0.2) is 4.98 Å². The van der Waals surface area contributed by atoms with Gasteiger partial charge in [0.15, 0.2) is 0 Å². The summed E-state index contributed by atoms with van der Waals surface area (Å²) in [5, 5.41) is 8.08. The Labute approximate surface area is 115 Å². The Bertz CT molecular complexity index is 750. The highest BCUT2D eigenvalue weighted by atomic mass is 35.5. The minimum atomic E-state index is 0.561. The number of hydrogen-bond acceptors (Lipinski definition) is 4. The van der Waals surface area contributed by atoms with E-state index in [1.165, 1.54) is 6.33 Å². The second-order valence-corrected chi connectivity index (χ2v) is 4.77. The van der Waals surface area contributed by atoms with Crippen molar-refractivity contribution in [2.45, 2.75) is 13.8 Å². The molecule has 2 aromatic heterocycles. The molecule has 0 saturated carbocycles. The van der Waals surface area contributed by atoms with Crippen LogP contribution in [0.3, 0.4) is 0 Å². The van der Waals surface area contributed by atoms with Gasteiger partial charge in [-0.15, -0.1) is 0 Å². The average molecular weight is 274 g/mol. The van der Waals surface area contributed by atoms with E-state index in [-0.39, 0.29) is 0 Å². The molecule has 0 aliphatic rings. The van der Waals surface area contributed by atoms with Gasteiger partial charge in [-0.05, 0) is 31.5 Å². The molecule has 0 atom stereocenters. The molecule has 0 fully saturated rings. The number of nitrogens with one attached hydrogen (secondary N) is 1. The molecule has 2 heterocycles. The number of rotatable bonds is 2. The molecule has 3 rings (SSSR count). The van der Waals surface area contributed by atoms with Gasteiger partial charge in [0, 0.05) is 11.8 Å². The van der Waals surface area contributed by atoms with Crippen LogP contribution in [0.15, 0.2) is 30.6 Å². The minimum absolute atomic E-state index is 0.561. The van der Waals surface area contributed by atoms with Crippen molar-refractivity contribution < 1.29 is 0 Å². The summed E-state index contributed by atoms with van der Waals surface area (Å²) in [7, 11) is 0. The third-order valence-electron chi connectivity index (χ3n) is 2.76. The average Bonchev–Trinajstić information content (AvgIpc) is 2.82. The summed E-state index contributed by atoms with van der Waals surface area (Å²) in [5.74, 6) is 1.35. The van der Waals surface area contributed by atoms with Crippen LogP contribution < -0.4 is 5.32 Å². The van der Waals surface area contributed by atoms with Crippen molar-refractivity contribution in [3.63, 3.8) is 0 Å². The van der Waals surface area contributed by atoms with Crippen molar-refractivity contribution in [3.05, 3.63) is 46.9 Å². The maximum atomic E-state index is 6.19. The second kappa shape index (κ2) is 4.51. The molecular formula is C13H12ClN5. The van der Waals surface area contributed by atoms with Crippen molar-refractivity contribution in [1.29, 1.82) is 0 Å². The number of aryl methyl sites for hydroxylation is 2. The summed E-state index contributed by atoms with van der Waals surface area (Å²) < 4.78 is 1.64. The molecule has 1 aromatic carbocycles. The highest BCUT2D eigenvalue weighted by Crippen LogP contribution is 2.26. The molecule has 19 heavy (non-hydrogen) atoms. The Hall–Kier alpha value is -2.14. The van der Waals surface area contributed by atoms with Crippen molar-refractivity contribution in [3.8, 4) is 0 Å². The van der Waals surface area contributed by atoms with Crippen LogP contribution in [0, 0.1) is 13.8 Å². The Kier molecular flexibility index (Phi) is 2.83. The molecule has 0 aliphatic carbocycles. The van der Waals surface area contributed by atoms with Crippen LogP contribution in [0.2, 0.25) is 5.02 Å². The van der Waals surface area contributed by atoms with Crippen LogP contribution in [-0.4, -0.2) is 19.6 Å². The fourth-order valence-electron chi connectivity index (χ4n) is 1.89. The first-order chi connectivity index (χ1) is 9.13. The van der Waals surface area contributed by atoms with Crippen LogP contribution >= 0.6 is 11.6 Å². The summed E-state index contributed by atoms with van der Waals surface area (Å²) >= 11 is 6.19. The van der Waals surface area contributed by atoms with Gasteiger partial charge < -0.3 is 5.32 Å². The molecule has 0 spiro atoms. The normalized spacial score (nSPS) is 10.9. The molecule has 5 nitrogen and oxygen atoms in total. The largest absolute Gasteiger partial charge is 0.339 e. The smallest absolute Gasteiger partial charge is 0.254 e. The quantitative estimate of drug-likeness (QED) is 0.779. The number of halogens is 1. The molecule has 0 amide bonds. The van der Waals surface area contributed by atoms with E-state index in [9.17, 15) is 0 Å². The zero-order chi connectivity index (χ0) is 13.4. The van der Waals surface area contributed by atoms with Gasteiger partial charge in [-0.1, -0.05) is 17.7 Å². The van der Waals surface area contributed by atoms with E-state index in [0.717, 1.165) is 22.8 Å².